The fourth-order valence-electron chi connectivity index (χ4n) is 2.34. The first-order valence-corrected chi connectivity index (χ1v) is 8.01. The molecule has 1 aliphatic heterocycles. The van der Waals surface area contributed by atoms with Crippen molar-refractivity contribution in [2.24, 2.45) is 0 Å². The molecule has 0 saturated carbocycles. The number of hydrogen-bond acceptors (Lipinski definition) is 4. The molecule has 1 aliphatic rings. The van der Waals surface area contributed by atoms with E-state index in [-0.39, 0.29) is 18.1 Å². The second kappa shape index (κ2) is 6.61. The van der Waals surface area contributed by atoms with Gasteiger partial charge in [-0.15, -0.1) is 11.3 Å². The Morgan fingerprint density at radius 3 is 2.90 bits per heavy atom. The Hall–Kier alpha value is -1.35. The van der Waals surface area contributed by atoms with Crippen molar-refractivity contribution in [1.29, 1.82) is 0 Å². The molecule has 21 heavy (non-hydrogen) atoms. The zero-order chi connectivity index (χ0) is 15.5. The summed E-state index contributed by atoms with van der Waals surface area (Å²) in [5, 5.41) is 10.7. The van der Waals surface area contributed by atoms with Crippen molar-refractivity contribution in [2.75, 3.05) is 33.3 Å². The third kappa shape index (κ3) is 3.65. The summed E-state index contributed by atoms with van der Waals surface area (Å²) in [6.07, 6.45) is 0.436. The Morgan fingerprint density at radius 2 is 2.24 bits per heavy atom. The van der Waals surface area contributed by atoms with E-state index >= 15 is 0 Å². The molecule has 0 aliphatic carbocycles. The van der Waals surface area contributed by atoms with Crippen LogP contribution in [-0.2, 0) is 0 Å². The average molecular weight is 306 g/mol. The van der Waals surface area contributed by atoms with Gasteiger partial charge in [0.25, 0.3) is 5.91 Å². The number of aliphatic hydroxyl groups excluding tert-OH is 1. The van der Waals surface area contributed by atoms with Gasteiger partial charge in [-0.2, -0.15) is 0 Å². The average Bonchev–Trinajstić information content (AvgIpc) is 2.89. The number of carbonyl (C=O) groups is 1. The molecule has 114 valence electrons. The second-order valence-corrected chi connectivity index (χ2v) is 6.82. The largest absolute Gasteiger partial charge is 0.395 e. The van der Waals surface area contributed by atoms with Crippen molar-refractivity contribution in [1.82, 2.24) is 9.80 Å². The van der Waals surface area contributed by atoms with E-state index in [0.717, 1.165) is 25.2 Å². The van der Waals surface area contributed by atoms with E-state index in [0.29, 0.717) is 11.3 Å². The lowest BCUT2D eigenvalue weighted by molar-refractivity contribution is 0.0315. The number of amides is 1. The zero-order valence-corrected chi connectivity index (χ0v) is 13.7. The van der Waals surface area contributed by atoms with Crippen LogP contribution in [0, 0.1) is 11.8 Å². The van der Waals surface area contributed by atoms with Crippen LogP contribution in [0.2, 0.25) is 0 Å². The molecule has 0 unspecified atom stereocenters. The SMILES string of the molecule is CN1CCN(C(=O)c2sccc2C#CCCO)CC1(C)C. The molecule has 1 fully saturated rings. The van der Waals surface area contributed by atoms with Gasteiger partial charge in [0.1, 0.15) is 4.88 Å². The molecule has 0 aromatic carbocycles. The minimum atomic E-state index is -0.00605. The maximum absolute atomic E-state index is 12.7. The molecule has 1 amide bonds. The zero-order valence-electron chi connectivity index (χ0n) is 12.8. The van der Waals surface area contributed by atoms with Crippen molar-refractivity contribution in [3.8, 4) is 11.8 Å². The van der Waals surface area contributed by atoms with Crippen LogP contribution in [0.3, 0.4) is 0 Å². The van der Waals surface area contributed by atoms with Crippen LogP contribution >= 0.6 is 11.3 Å². The van der Waals surface area contributed by atoms with E-state index < -0.39 is 0 Å². The van der Waals surface area contributed by atoms with Crippen LogP contribution in [0.15, 0.2) is 11.4 Å². The summed E-state index contributed by atoms with van der Waals surface area (Å²) in [7, 11) is 2.10. The van der Waals surface area contributed by atoms with Crippen LogP contribution in [0.4, 0.5) is 0 Å². The minimum absolute atomic E-state index is 0.00605. The van der Waals surface area contributed by atoms with Gasteiger partial charge in [0, 0.05) is 37.2 Å². The van der Waals surface area contributed by atoms with Gasteiger partial charge in [-0.05, 0) is 32.3 Å². The Bertz CT molecular complexity index is 568. The molecule has 0 atom stereocenters. The monoisotopic (exact) mass is 306 g/mol. The number of hydrogen-bond donors (Lipinski definition) is 1. The Labute approximate surface area is 130 Å². The quantitative estimate of drug-likeness (QED) is 0.845. The van der Waals surface area contributed by atoms with E-state index in [1.54, 1.807) is 0 Å². The standard InChI is InChI=1S/C16H22N2O2S/c1-16(2)12-18(9-8-17(16)3)15(20)14-13(7-11-21-14)6-4-5-10-19/h7,11,19H,5,8-10,12H2,1-3H3. The molecule has 2 heterocycles. The van der Waals surface area contributed by atoms with Crippen molar-refractivity contribution < 1.29 is 9.90 Å². The van der Waals surface area contributed by atoms with E-state index in [4.69, 9.17) is 5.11 Å². The van der Waals surface area contributed by atoms with E-state index in [1.807, 2.05) is 16.3 Å². The van der Waals surface area contributed by atoms with Gasteiger partial charge in [-0.1, -0.05) is 11.8 Å². The second-order valence-electron chi connectivity index (χ2n) is 5.90. The van der Waals surface area contributed by atoms with Crippen LogP contribution in [0.1, 0.15) is 35.5 Å². The fourth-order valence-corrected chi connectivity index (χ4v) is 3.16. The fraction of sp³-hybridized carbons (Fsp3) is 0.562. The predicted octanol–water partition coefficient (Wildman–Crippen LogP) is 1.65. The van der Waals surface area contributed by atoms with Crippen molar-refractivity contribution in [3.63, 3.8) is 0 Å². The number of carbonyl (C=O) groups excluding carboxylic acids is 1. The Morgan fingerprint density at radius 1 is 1.48 bits per heavy atom. The first-order valence-electron chi connectivity index (χ1n) is 7.13. The highest BCUT2D eigenvalue weighted by molar-refractivity contribution is 7.12. The van der Waals surface area contributed by atoms with Crippen LogP contribution in [0.25, 0.3) is 0 Å². The molecule has 1 aromatic heterocycles. The minimum Gasteiger partial charge on any atom is -0.395 e. The summed E-state index contributed by atoms with van der Waals surface area (Å²) in [4.78, 5) is 17.6. The van der Waals surface area contributed by atoms with Gasteiger partial charge in [-0.25, -0.2) is 0 Å². The number of piperazine rings is 1. The lowest BCUT2D eigenvalue weighted by Crippen LogP contribution is -2.58. The number of rotatable bonds is 2. The van der Waals surface area contributed by atoms with Gasteiger partial charge in [-0.3, -0.25) is 9.69 Å². The molecule has 5 heteroatoms. The third-order valence-corrected chi connectivity index (χ3v) is 4.83. The topological polar surface area (TPSA) is 43.8 Å². The highest BCUT2D eigenvalue weighted by Crippen LogP contribution is 2.23. The number of thiophene rings is 1. The normalized spacial score (nSPS) is 18.2. The summed E-state index contributed by atoms with van der Waals surface area (Å²) < 4.78 is 0. The number of likely N-dealkylation sites (N-methyl/N-ethyl adjacent to an activating group) is 1. The highest BCUT2D eigenvalue weighted by Gasteiger charge is 2.34. The van der Waals surface area contributed by atoms with Gasteiger partial charge < -0.3 is 10.0 Å². The maximum atomic E-state index is 12.7. The lowest BCUT2D eigenvalue weighted by Gasteiger charge is -2.45. The van der Waals surface area contributed by atoms with Gasteiger partial charge in [0.2, 0.25) is 0 Å². The molecule has 0 radical (unpaired) electrons. The molecule has 0 bridgehead atoms. The first-order chi connectivity index (χ1) is 9.95. The molecule has 1 saturated heterocycles. The van der Waals surface area contributed by atoms with Gasteiger partial charge in [0.05, 0.1) is 6.61 Å². The summed E-state index contributed by atoms with van der Waals surface area (Å²) in [5.74, 6) is 5.94. The molecule has 1 N–H and O–H groups in total. The molecular weight excluding hydrogens is 284 g/mol. The highest BCUT2D eigenvalue weighted by atomic mass is 32.1. The van der Waals surface area contributed by atoms with Gasteiger partial charge >= 0.3 is 0 Å². The van der Waals surface area contributed by atoms with E-state index in [2.05, 4.69) is 37.6 Å². The lowest BCUT2D eigenvalue weighted by atomic mass is 9.99. The van der Waals surface area contributed by atoms with Crippen molar-refractivity contribution in [2.45, 2.75) is 25.8 Å². The summed E-state index contributed by atoms with van der Waals surface area (Å²) in [6.45, 7) is 6.72. The Kier molecular flexibility index (Phi) is 5.04. The summed E-state index contributed by atoms with van der Waals surface area (Å²) >= 11 is 1.44. The van der Waals surface area contributed by atoms with E-state index in [1.165, 1.54) is 11.3 Å². The van der Waals surface area contributed by atoms with Crippen LogP contribution in [-0.4, -0.2) is 59.6 Å². The number of aliphatic hydroxyl groups is 1. The van der Waals surface area contributed by atoms with Gasteiger partial charge in [0.15, 0.2) is 0 Å². The predicted molar refractivity (Wildman–Crippen MR) is 85.5 cm³/mol. The number of nitrogens with zero attached hydrogens (tertiary/aromatic N) is 2. The van der Waals surface area contributed by atoms with Crippen LogP contribution < -0.4 is 0 Å². The molecular formula is C16H22N2O2S. The van der Waals surface area contributed by atoms with Crippen LogP contribution in [0.5, 0.6) is 0 Å². The molecule has 2 rings (SSSR count). The smallest absolute Gasteiger partial charge is 0.265 e. The van der Waals surface area contributed by atoms with Crippen molar-refractivity contribution >= 4 is 17.2 Å². The summed E-state index contributed by atoms with van der Waals surface area (Å²) in [6, 6.07) is 1.88. The molecule has 4 nitrogen and oxygen atoms in total. The molecule has 1 aromatic rings. The van der Waals surface area contributed by atoms with E-state index in [9.17, 15) is 4.79 Å². The maximum Gasteiger partial charge on any atom is 0.265 e. The Balaban J connectivity index is 2.15. The van der Waals surface area contributed by atoms with Crippen molar-refractivity contribution in [3.05, 3.63) is 21.9 Å². The summed E-state index contributed by atoms with van der Waals surface area (Å²) in [5.41, 5.74) is 0.767. The third-order valence-electron chi connectivity index (χ3n) is 3.92. The molecule has 0 spiro atoms. The first kappa shape index (κ1) is 16.0.